The fourth-order valence-electron chi connectivity index (χ4n) is 2.97. The molecule has 0 aromatic carbocycles. The predicted octanol–water partition coefficient (Wildman–Crippen LogP) is 2.63. The molecule has 0 atom stereocenters. The summed E-state index contributed by atoms with van der Waals surface area (Å²) in [6.45, 7) is 6.47. The topological polar surface area (TPSA) is 62.8 Å². The summed E-state index contributed by atoms with van der Waals surface area (Å²) < 4.78 is 3.90. The second-order valence-corrected chi connectivity index (χ2v) is 6.52. The van der Waals surface area contributed by atoms with Crippen LogP contribution in [0.1, 0.15) is 23.7 Å². The highest BCUT2D eigenvalue weighted by molar-refractivity contribution is 14.0. The van der Waals surface area contributed by atoms with Crippen LogP contribution in [0, 0.1) is 6.92 Å². The third kappa shape index (κ3) is 5.44. The number of pyridine rings is 1. The van der Waals surface area contributed by atoms with E-state index >= 15 is 0 Å². The van der Waals surface area contributed by atoms with E-state index in [1.54, 1.807) is 0 Å². The highest BCUT2D eigenvalue weighted by atomic mass is 127. The van der Waals surface area contributed by atoms with Crippen LogP contribution in [0.4, 0.5) is 0 Å². The van der Waals surface area contributed by atoms with Crippen LogP contribution < -0.4 is 5.32 Å². The molecule has 3 aromatic heterocycles. The number of guanidine groups is 1. The highest BCUT2D eigenvalue weighted by Gasteiger charge is 2.08. The van der Waals surface area contributed by atoms with Gasteiger partial charge in [0, 0.05) is 64.3 Å². The average molecular weight is 481 g/mol. The first-order chi connectivity index (χ1) is 12.6. The van der Waals surface area contributed by atoms with Gasteiger partial charge in [-0.05, 0) is 25.5 Å². The first-order valence-electron chi connectivity index (χ1n) is 8.97. The number of nitrogens with zero attached hydrogens (tertiary/aromatic N) is 6. The molecule has 3 rings (SSSR count). The highest BCUT2D eigenvalue weighted by Crippen LogP contribution is 2.10. The van der Waals surface area contributed by atoms with Crippen LogP contribution in [0.25, 0.3) is 5.65 Å². The monoisotopic (exact) mass is 481 g/mol. The summed E-state index contributed by atoms with van der Waals surface area (Å²) in [7, 11) is 3.97. The minimum atomic E-state index is 0. The average Bonchev–Trinajstić information content (AvgIpc) is 3.21. The fraction of sp³-hybridized carbons (Fsp3) is 0.421. The van der Waals surface area contributed by atoms with Crippen molar-refractivity contribution in [3.8, 4) is 0 Å². The van der Waals surface area contributed by atoms with Crippen LogP contribution in [-0.4, -0.2) is 50.2 Å². The first-order valence-corrected chi connectivity index (χ1v) is 8.97. The lowest BCUT2D eigenvalue weighted by atomic mass is 10.3. The number of hydrogen-bond donors (Lipinski definition) is 1. The number of imidazole rings is 1. The molecule has 1 N–H and O–H groups in total. The van der Waals surface area contributed by atoms with Gasteiger partial charge in [-0.25, -0.2) is 4.98 Å². The third-order valence-electron chi connectivity index (χ3n) is 4.23. The summed E-state index contributed by atoms with van der Waals surface area (Å²) in [5, 5.41) is 7.58. The van der Waals surface area contributed by atoms with Crippen LogP contribution in [0.5, 0.6) is 0 Å². The van der Waals surface area contributed by atoms with Crippen molar-refractivity contribution >= 4 is 35.6 Å². The molecule has 0 unspecified atom stereocenters. The van der Waals surface area contributed by atoms with Crippen molar-refractivity contribution in [2.24, 2.45) is 12.0 Å². The van der Waals surface area contributed by atoms with Gasteiger partial charge in [0.05, 0.1) is 11.9 Å². The van der Waals surface area contributed by atoms with E-state index in [0.29, 0.717) is 6.54 Å². The van der Waals surface area contributed by atoms with Gasteiger partial charge in [0.2, 0.25) is 0 Å². The molecule has 0 saturated heterocycles. The molecule has 0 bridgehead atoms. The van der Waals surface area contributed by atoms with Crippen molar-refractivity contribution in [2.45, 2.75) is 26.8 Å². The largest absolute Gasteiger partial charge is 0.357 e. The van der Waals surface area contributed by atoms with E-state index in [4.69, 9.17) is 9.98 Å². The van der Waals surface area contributed by atoms with Crippen LogP contribution in [0.3, 0.4) is 0 Å². The fourth-order valence-corrected chi connectivity index (χ4v) is 2.97. The summed E-state index contributed by atoms with van der Waals surface area (Å²) in [6.07, 6.45) is 8.85. The number of fused-ring (bicyclic) bond motifs is 1. The maximum absolute atomic E-state index is 4.76. The number of aliphatic imine (C=N–C) groups is 1. The van der Waals surface area contributed by atoms with E-state index in [0.717, 1.165) is 42.4 Å². The SMILES string of the molecule is CCNC(=NCCc1cn2cccc(C)c2n1)N(C)Cc1cnn(C)c1.I. The number of rotatable bonds is 6. The van der Waals surface area contributed by atoms with Crippen molar-refractivity contribution in [2.75, 3.05) is 20.1 Å². The standard InChI is InChI=1S/C19H27N7.HI/c1-5-20-19(24(3)12-16-11-22-25(4)13-16)21-9-8-17-14-26-10-6-7-15(2)18(26)23-17;/h6-7,10-11,13-14H,5,8-9,12H2,1-4H3,(H,20,21);1H. The lowest BCUT2D eigenvalue weighted by Crippen LogP contribution is -2.38. The van der Waals surface area contributed by atoms with Gasteiger partial charge in [0.25, 0.3) is 0 Å². The maximum Gasteiger partial charge on any atom is 0.193 e. The minimum absolute atomic E-state index is 0. The van der Waals surface area contributed by atoms with Gasteiger partial charge in [-0.15, -0.1) is 24.0 Å². The van der Waals surface area contributed by atoms with E-state index in [-0.39, 0.29) is 24.0 Å². The van der Waals surface area contributed by atoms with E-state index < -0.39 is 0 Å². The molecule has 0 saturated carbocycles. The quantitative estimate of drug-likeness (QED) is 0.334. The van der Waals surface area contributed by atoms with Crippen LogP contribution in [0.2, 0.25) is 0 Å². The Hall–Kier alpha value is -2.10. The molecular weight excluding hydrogens is 453 g/mol. The van der Waals surface area contributed by atoms with Gasteiger partial charge in [-0.2, -0.15) is 5.10 Å². The van der Waals surface area contributed by atoms with Crippen molar-refractivity contribution in [3.63, 3.8) is 0 Å². The van der Waals surface area contributed by atoms with Crippen molar-refractivity contribution in [1.82, 2.24) is 29.4 Å². The smallest absolute Gasteiger partial charge is 0.193 e. The number of halogens is 1. The molecule has 0 aliphatic heterocycles. The third-order valence-corrected chi connectivity index (χ3v) is 4.23. The molecule has 0 aliphatic carbocycles. The summed E-state index contributed by atoms with van der Waals surface area (Å²) in [5.74, 6) is 0.899. The first kappa shape index (κ1) is 21.2. The number of hydrogen-bond acceptors (Lipinski definition) is 3. The van der Waals surface area contributed by atoms with E-state index in [1.807, 2.05) is 43.4 Å². The Bertz CT molecular complexity index is 896. The second kappa shape index (κ2) is 9.72. The van der Waals surface area contributed by atoms with Gasteiger partial charge in [0.15, 0.2) is 5.96 Å². The van der Waals surface area contributed by atoms with Gasteiger partial charge in [0.1, 0.15) is 5.65 Å². The molecule has 27 heavy (non-hydrogen) atoms. The molecular formula is C19H28IN7. The molecule has 0 spiro atoms. The zero-order valence-electron chi connectivity index (χ0n) is 16.4. The summed E-state index contributed by atoms with van der Waals surface area (Å²) in [5.41, 5.74) is 4.43. The van der Waals surface area contributed by atoms with Crippen LogP contribution in [-0.2, 0) is 20.0 Å². The van der Waals surface area contributed by atoms with Crippen LogP contribution in [0.15, 0.2) is 41.9 Å². The zero-order chi connectivity index (χ0) is 18.5. The molecule has 0 radical (unpaired) electrons. The molecule has 0 fully saturated rings. The second-order valence-electron chi connectivity index (χ2n) is 6.52. The lowest BCUT2D eigenvalue weighted by Gasteiger charge is -2.21. The van der Waals surface area contributed by atoms with Crippen molar-refractivity contribution in [3.05, 3.63) is 53.7 Å². The van der Waals surface area contributed by atoms with Gasteiger partial charge in [-0.1, -0.05) is 6.07 Å². The Balaban J connectivity index is 0.00000261. The Labute approximate surface area is 177 Å². The molecule has 0 amide bonds. The van der Waals surface area contributed by atoms with Crippen molar-refractivity contribution < 1.29 is 0 Å². The summed E-state index contributed by atoms with van der Waals surface area (Å²) in [6, 6.07) is 4.13. The number of aryl methyl sites for hydroxylation is 2. The Morgan fingerprint density at radius 1 is 1.33 bits per heavy atom. The summed E-state index contributed by atoms with van der Waals surface area (Å²) in [4.78, 5) is 11.6. The van der Waals surface area contributed by atoms with E-state index in [9.17, 15) is 0 Å². The molecule has 146 valence electrons. The van der Waals surface area contributed by atoms with Gasteiger partial charge in [-0.3, -0.25) is 9.67 Å². The van der Waals surface area contributed by atoms with E-state index in [1.165, 1.54) is 5.56 Å². The molecule has 7 nitrogen and oxygen atoms in total. The van der Waals surface area contributed by atoms with Gasteiger partial charge >= 0.3 is 0 Å². The predicted molar refractivity (Wildman–Crippen MR) is 120 cm³/mol. The Morgan fingerprint density at radius 2 is 2.15 bits per heavy atom. The number of aromatic nitrogens is 4. The molecule has 0 aliphatic rings. The lowest BCUT2D eigenvalue weighted by molar-refractivity contribution is 0.476. The number of nitrogens with one attached hydrogen (secondary N) is 1. The Kier molecular flexibility index (Phi) is 7.64. The summed E-state index contributed by atoms with van der Waals surface area (Å²) >= 11 is 0. The molecule has 3 aromatic rings. The minimum Gasteiger partial charge on any atom is -0.357 e. The molecule has 8 heteroatoms. The maximum atomic E-state index is 4.76. The van der Waals surface area contributed by atoms with Crippen molar-refractivity contribution in [1.29, 1.82) is 0 Å². The normalized spacial score (nSPS) is 11.5. The Morgan fingerprint density at radius 3 is 2.81 bits per heavy atom. The van der Waals surface area contributed by atoms with Crippen LogP contribution >= 0.6 is 24.0 Å². The van der Waals surface area contributed by atoms with Gasteiger partial charge < -0.3 is 14.6 Å². The molecule has 3 heterocycles. The zero-order valence-corrected chi connectivity index (χ0v) is 18.7. The van der Waals surface area contributed by atoms with E-state index in [2.05, 4.69) is 45.8 Å².